The van der Waals surface area contributed by atoms with Crippen molar-refractivity contribution in [2.75, 3.05) is 39.3 Å². The van der Waals surface area contributed by atoms with E-state index in [1.807, 2.05) is 0 Å². The van der Waals surface area contributed by atoms with Gasteiger partial charge in [-0.2, -0.15) is 0 Å². The minimum atomic E-state index is -0.106. The van der Waals surface area contributed by atoms with Gasteiger partial charge in [0.2, 0.25) is 0 Å². The normalized spacial score (nSPS) is 20.1. The number of ketones is 3. The molecule has 3 N–H and O–H groups in total. The van der Waals surface area contributed by atoms with Crippen LogP contribution in [0.15, 0.2) is 105 Å². The fraction of sp³-hybridized carbons (Fsp3) is 0.222. The molecule has 0 heterocycles. The zero-order chi connectivity index (χ0) is 26.6. The maximum atomic E-state index is 11.9. The molecular weight excluding hydrogens is 692 g/mol. The van der Waals surface area contributed by atoms with Crippen LogP contribution in [-0.2, 0) is 14.4 Å². The number of carbonyl (C=O) groups is 3. The largest absolute Gasteiger partial charge is 0.389 e. The Balaban J connectivity index is 0.00000507. The van der Waals surface area contributed by atoms with Crippen LogP contribution in [0.25, 0.3) is 0 Å². The van der Waals surface area contributed by atoms with Crippen molar-refractivity contribution in [3.05, 3.63) is 105 Å². The number of hydrogen-bond donors (Lipinski definition) is 3. The van der Waals surface area contributed by atoms with Gasteiger partial charge in [-0.3, -0.25) is 19.3 Å². The van der Waals surface area contributed by atoms with Crippen molar-refractivity contribution in [3.8, 4) is 0 Å². The Labute approximate surface area is 269 Å². The number of nitrogens with zero attached hydrogens (tertiary/aromatic N) is 1. The van der Waals surface area contributed by atoms with Crippen molar-refractivity contribution in [3.63, 3.8) is 0 Å². The number of halogens is 3. The van der Waals surface area contributed by atoms with E-state index in [1.54, 1.807) is 55.1 Å². The molecule has 0 bridgehead atoms. The Kier molecular flexibility index (Phi) is 14.5. The van der Waals surface area contributed by atoms with Crippen molar-refractivity contribution in [1.82, 2.24) is 20.9 Å². The molecule has 0 spiro atoms. The molecule has 0 saturated heterocycles. The molecule has 0 unspecified atom stereocenters. The number of carbonyl (C=O) groups excluding carboxylic acids is 3. The SMILES string of the molecule is O=C1C=CC(Cl)=CC1=CNCCN(CCNC=C1C=C(Cl)C=CC1=O)CCNC=C1C=C(Cl)C=CC1=O.[Gd]. The number of rotatable bonds is 12. The second kappa shape index (κ2) is 17.0. The van der Waals surface area contributed by atoms with Crippen molar-refractivity contribution < 1.29 is 54.3 Å². The summed E-state index contributed by atoms with van der Waals surface area (Å²) in [4.78, 5) is 38.0. The second-order valence-corrected chi connectivity index (χ2v) is 9.49. The molecule has 7 nitrogen and oxygen atoms in total. The Morgan fingerprint density at radius 1 is 0.553 bits per heavy atom. The number of nitrogens with one attached hydrogen (secondary N) is 3. The van der Waals surface area contributed by atoms with Gasteiger partial charge in [-0.25, -0.2) is 0 Å². The molecule has 11 heteroatoms. The molecule has 38 heavy (non-hydrogen) atoms. The van der Waals surface area contributed by atoms with Gasteiger partial charge in [0, 0.05) is 130 Å². The van der Waals surface area contributed by atoms with Gasteiger partial charge in [0.05, 0.1) is 0 Å². The molecule has 3 aliphatic carbocycles. The monoisotopic (exact) mass is 718 g/mol. The molecule has 0 amide bonds. The van der Waals surface area contributed by atoms with Crippen LogP contribution in [0, 0.1) is 39.9 Å². The summed E-state index contributed by atoms with van der Waals surface area (Å²) >= 11 is 17.9. The van der Waals surface area contributed by atoms with Crippen molar-refractivity contribution in [2.24, 2.45) is 0 Å². The Hall–Kier alpha value is -1.78. The Morgan fingerprint density at radius 2 is 0.842 bits per heavy atom. The third kappa shape index (κ3) is 11.1. The fourth-order valence-corrected chi connectivity index (χ4v) is 3.99. The van der Waals surface area contributed by atoms with Gasteiger partial charge in [0.25, 0.3) is 0 Å². The van der Waals surface area contributed by atoms with E-state index in [0.717, 1.165) is 0 Å². The predicted molar refractivity (Wildman–Crippen MR) is 149 cm³/mol. The summed E-state index contributed by atoms with van der Waals surface area (Å²) in [6.07, 6.45) is 18.8. The van der Waals surface area contributed by atoms with E-state index in [4.69, 9.17) is 34.8 Å². The molecule has 0 saturated carbocycles. The summed E-state index contributed by atoms with van der Waals surface area (Å²) in [7, 11) is 0. The average molecular weight is 719 g/mol. The van der Waals surface area contributed by atoms with Crippen LogP contribution in [0.4, 0.5) is 0 Å². The van der Waals surface area contributed by atoms with E-state index in [9.17, 15) is 14.4 Å². The summed E-state index contributed by atoms with van der Waals surface area (Å²) < 4.78 is 0. The van der Waals surface area contributed by atoms with Gasteiger partial charge in [0.15, 0.2) is 17.3 Å². The maximum absolute atomic E-state index is 11.9. The van der Waals surface area contributed by atoms with Crippen LogP contribution in [0.2, 0.25) is 0 Å². The van der Waals surface area contributed by atoms with E-state index in [-0.39, 0.29) is 57.3 Å². The molecule has 0 aromatic heterocycles. The van der Waals surface area contributed by atoms with Crippen LogP contribution < -0.4 is 16.0 Å². The second-order valence-electron chi connectivity index (χ2n) is 8.18. The van der Waals surface area contributed by atoms with E-state index in [1.165, 1.54) is 18.2 Å². The zero-order valence-electron chi connectivity index (χ0n) is 20.3. The first-order chi connectivity index (χ1) is 17.8. The van der Waals surface area contributed by atoms with Crippen molar-refractivity contribution in [1.29, 1.82) is 0 Å². The van der Waals surface area contributed by atoms with Gasteiger partial charge in [-0.15, -0.1) is 0 Å². The van der Waals surface area contributed by atoms with E-state index in [0.29, 0.717) is 71.1 Å². The molecule has 3 aliphatic rings. The van der Waals surface area contributed by atoms with Gasteiger partial charge in [-0.1, -0.05) is 34.8 Å². The molecule has 0 atom stereocenters. The molecule has 0 aliphatic heterocycles. The van der Waals surface area contributed by atoms with Crippen LogP contribution in [-0.4, -0.2) is 61.5 Å². The summed E-state index contributed by atoms with van der Waals surface area (Å²) in [5.74, 6) is -0.317. The first kappa shape index (κ1) is 32.4. The van der Waals surface area contributed by atoms with Gasteiger partial charge < -0.3 is 16.0 Å². The topological polar surface area (TPSA) is 90.5 Å². The van der Waals surface area contributed by atoms with E-state index < -0.39 is 0 Å². The predicted octanol–water partition coefficient (Wildman–Crippen LogP) is 3.49. The Bertz CT molecular complexity index is 1060. The molecule has 0 radical (unpaired) electrons. The standard InChI is InChI=1S/C27H27Cl3N4O3.Gd/c28-22-1-4-25(35)19(13-22)16-31-7-10-34(11-8-32-17-20-14-23(29)2-5-26(20)36)12-9-33-18-21-15-24(30)3-6-27(21)37;/h1-6,13-18,31-33H,7-12H2;. The van der Waals surface area contributed by atoms with Gasteiger partial charge >= 0.3 is 0 Å². The first-order valence-electron chi connectivity index (χ1n) is 11.6. The maximum Gasteiger partial charge on any atom is 0.187 e. The third-order valence-corrected chi connectivity index (χ3v) is 6.11. The number of allylic oxidation sites excluding steroid dienone is 15. The zero-order valence-corrected chi connectivity index (χ0v) is 24.9. The van der Waals surface area contributed by atoms with Crippen molar-refractivity contribution in [2.45, 2.75) is 0 Å². The van der Waals surface area contributed by atoms with Gasteiger partial charge in [0.1, 0.15) is 0 Å². The first-order valence-corrected chi connectivity index (χ1v) is 12.8. The van der Waals surface area contributed by atoms with E-state index in [2.05, 4.69) is 20.9 Å². The molecule has 0 aromatic rings. The molecule has 0 fully saturated rings. The molecule has 3 rings (SSSR count). The summed E-state index contributed by atoms with van der Waals surface area (Å²) in [6.45, 7) is 3.83. The van der Waals surface area contributed by atoms with Gasteiger partial charge in [-0.05, 0) is 54.7 Å². The van der Waals surface area contributed by atoms with Crippen molar-refractivity contribution >= 4 is 52.2 Å². The summed E-state index contributed by atoms with van der Waals surface area (Å²) in [5.41, 5.74) is 1.49. The summed E-state index contributed by atoms with van der Waals surface area (Å²) in [6, 6.07) is 0. The van der Waals surface area contributed by atoms with Crippen LogP contribution >= 0.6 is 34.8 Å². The molecule has 0 aromatic carbocycles. The smallest absolute Gasteiger partial charge is 0.187 e. The Morgan fingerprint density at radius 3 is 1.13 bits per heavy atom. The van der Waals surface area contributed by atoms with E-state index >= 15 is 0 Å². The fourth-order valence-electron chi connectivity index (χ4n) is 3.45. The molecular formula is C27H27Cl3GdN4O3. The van der Waals surface area contributed by atoms with Crippen LogP contribution in [0.3, 0.4) is 0 Å². The minimum absolute atomic E-state index is 0. The average Bonchev–Trinajstić information content (AvgIpc) is 2.87. The summed E-state index contributed by atoms with van der Waals surface area (Å²) in [5, 5.41) is 11.0. The minimum Gasteiger partial charge on any atom is -0.389 e. The number of hydrogen-bond acceptors (Lipinski definition) is 7. The van der Waals surface area contributed by atoms with Crippen LogP contribution in [0.5, 0.6) is 0 Å². The quantitative estimate of drug-likeness (QED) is 0.211. The van der Waals surface area contributed by atoms with Crippen LogP contribution in [0.1, 0.15) is 0 Å². The molecule has 202 valence electrons. The third-order valence-electron chi connectivity index (χ3n) is 5.41.